The van der Waals surface area contributed by atoms with Gasteiger partial charge >= 0.3 is 0 Å². The molecule has 0 unspecified atom stereocenters. The lowest BCUT2D eigenvalue weighted by Gasteiger charge is -2.08. The summed E-state index contributed by atoms with van der Waals surface area (Å²) >= 11 is 0. The molecular weight excluding hydrogens is 334 g/mol. The van der Waals surface area contributed by atoms with Crippen molar-refractivity contribution in [2.24, 2.45) is 4.99 Å². The Labute approximate surface area is 159 Å². The van der Waals surface area contributed by atoms with E-state index in [0.29, 0.717) is 28.9 Å². The van der Waals surface area contributed by atoms with E-state index in [1.54, 1.807) is 18.5 Å². The molecule has 5 nitrogen and oxygen atoms in total. The first kappa shape index (κ1) is 18.3. The summed E-state index contributed by atoms with van der Waals surface area (Å²) in [6.45, 7) is 9.78. The zero-order chi connectivity index (χ0) is 19.2. The Balaban J connectivity index is 2.19. The van der Waals surface area contributed by atoms with Crippen molar-refractivity contribution < 1.29 is 0 Å². The second-order valence-corrected chi connectivity index (χ2v) is 6.09. The molecule has 0 saturated carbocycles. The summed E-state index contributed by atoms with van der Waals surface area (Å²) in [5.41, 5.74) is 4.43. The largest absolute Gasteiger partial charge is 0.253 e. The van der Waals surface area contributed by atoms with Crippen molar-refractivity contribution in [3.63, 3.8) is 0 Å². The lowest BCUT2D eigenvalue weighted by molar-refractivity contribution is 1.03. The Kier molecular flexibility index (Phi) is 5.61. The number of allylic oxidation sites excluding steroid dienone is 2. The minimum absolute atomic E-state index is 0.464. The summed E-state index contributed by atoms with van der Waals surface area (Å²) in [5.74, 6) is 1.55. The molecule has 0 aliphatic rings. The second-order valence-electron chi connectivity index (χ2n) is 6.09. The van der Waals surface area contributed by atoms with Gasteiger partial charge in [0, 0.05) is 18.0 Å². The fourth-order valence-corrected chi connectivity index (χ4v) is 2.39. The fourth-order valence-electron chi connectivity index (χ4n) is 2.39. The molecule has 2 heterocycles. The zero-order valence-corrected chi connectivity index (χ0v) is 15.7. The van der Waals surface area contributed by atoms with Crippen LogP contribution < -0.4 is 0 Å². The molecule has 0 radical (unpaired) electrons. The summed E-state index contributed by atoms with van der Waals surface area (Å²) < 4.78 is 0. The van der Waals surface area contributed by atoms with Crippen molar-refractivity contribution >= 4 is 5.71 Å². The molecule has 0 spiro atoms. The summed E-state index contributed by atoms with van der Waals surface area (Å²) in [5, 5.41) is 0. The summed E-state index contributed by atoms with van der Waals surface area (Å²) in [4.78, 5) is 22.7. The Hall–Kier alpha value is -3.47. The molecule has 0 atom stereocenters. The smallest absolute Gasteiger partial charge is 0.182 e. The predicted molar refractivity (Wildman–Crippen MR) is 110 cm³/mol. The standard InChI is InChI=1S/C22H21N5/c1-5-13-23-18(6-2)21-25-20(17-10-7-15(3)8-11-17)26-22(27-21)19-12-9-16(4)14-24-19/h5-14H,2H2,1,3-4H3/b13-5+,23-18+. The van der Waals surface area contributed by atoms with Crippen LogP contribution in [0.15, 0.2) is 72.5 Å². The van der Waals surface area contributed by atoms with Crippen molar-refractivity contribution in [1.29, 1.82) is 0 Å². The van der Waals surface area contributed by atoms with E-state index in [4.69, 9.17) is 0 Å². The number of pyridine rings is 1. The van der Waals surface area contributed by atoms with Crippen LogP contribution in [-0.4, -0.2) is 25.6 Å². The maximum absolute atomic E-state index is 4.64. The predicted octanol–water partition coefficient (Wildman–Crippen LogP) is 4.73. The van der Waals surface area contributed by atoms with E-state index < -0.39 is 0 Å². The van der Waals surface area contributed by atoms with Gasteiger partial charge in [0.25, 0.3) is 0 Å². The van der Waals surface area contributed by atoms with Crippen LogP contribution >= 0.6 is 0 Å². The highest BCUT2D eigenvalue weighted by Gasteiger charge is 2.13. The van der Waals surface area contributed by atoms with Gasteiger partial charge in [-0.3, -0.25) is 9.98 Å². The van der Waals surface area contributed by atoms with E-state index in [1.807, 2.05) is 63.2 Å². The Morgan fingerprint density at radius 3 is 2.26 bits per heavy atom. The molecule has 0 saturated heterocycles. The topological polar surface area (TPSA) is 63.9 Å². The van der Waals surface area contributed by atoms with Gasteiger partial charge in [-0.05, 0) is 38.5 Å². The number of aryl methyl sites for hydroxylation is 2. The molecule has 0 amide bonds. The van der Waals surface area contributed by atoms with Crippen molar-refractivity contribution in [2.75, 3.05) is 0 Å². The van der Waals surface area contributed by atoms with Crippen LogP contribution in [0.1, 0.15) is 23.9 Å². The van der Waals surface area contributed by atoms with Crippen LogP contribution in [0.2, 0.25) is 0 Å². The van der Waals surface area contributed by atoms with Crippen LogP contribution in [0.4, 0.5) is 0 Å². The summed E-state index contributed by atoms with van der Waals surface area (Å²) in [6.07, 6.45) is 6.97. The molecule has 0 bridgehead atoms. The molecule has 27 heavy (non-hydrogen) atoms. The Morgan fingerprint density at radius 1 is 0.926 bits per heavy atom. The van der Waals surface area contributed by atoms with E-state index in [2.05, 4.69) is 31.5 Å². The van der Waals surface area contributed by atoms with E-state index >= 15 is 0 Å². The van der Waals surface area contributed by atoms with Crippen LogP contribution in [0.3, 0.4) is 0 Å². The van der Waals surface area contributed by atoms with Gasteiger partial charge in [0.05, 0.1) is 0 Å². The third kappa shape index (κ3) is 4.39. The third-order valence-corrected chi connectivity index (χ3v) is 3.87. The third-order valence-electron chi connectivity index (χ3n) is 3.87. The van der Waals surface area contributed by atoms with Gasteiger partial charge in [-0.15, -0.1) is 0 Å². The molecule has 1 aromatic carbocycles. The molecule has 5 heteroatoms. The molecule has 0 aliphatic carbocycles. The number of aromatic nitrogens is 4. The first-order valence-corrected chi connectivity index (χ1v) is 8.68. The Morgan fingerprint density at radius 2 is 1.63 bits per heavy atom. The molecule has 2 aromatic heterocycles. The highest BCUT2D eigenvalue weighted by molar-refractivity contribution is 6.06. The van der Waals surface area contributed by atoms with Gasteiger partial charge < -0.3 is 0 Å². The Bertz CT molecular complexity index is 936. The number of benzene rings is 1. The van der Waals surface area contributed by atoms with Gasteiger partial charge in [0.15, 0.2) is 17.5 Å². The van der Waals surface area contributed by atoms with E-state index in [0.717, 1.165) is 11.1 Å². The van der Waals surface area contributed by atoms with Crippen molar-refractivity contribution in [3.8, 4) is 22.9 Å². The molecule has 0 N–H and O–H groups in total. The van der Waals surface area contributed by atoms with Crippen molar-refractivity contribution in [1.82, 2.24) is 19.9 Å². The summed E-state index contributed by atoms with van der Waals surface area (Å²) in [7, 11) is 0. The molecule has 0 fully saturated rings. The van der Waals surface area contributed by atoms with Gasteiger partial charge in [0.1, 0.15) is 11.4 Å². The van der Waals surface area contributed by atoms with Crippen molar-refractivity contribution in [3.05, 3.63) is 84.5 Å². The number of aliphatic imine (C=N–C) groups is 1. The van der Waals surface area contributed by atoms with E-state index in [9.17, 15) is 0 Å². The van der Waals surface area contributed by atoms with Gasteiger partial charge in [-0.1, -0.05) is 48.6 Å². The minimum Gasteiger partial charge on any atom is -0.253 e. The lowest BCUT2D eigenvalue weighted by atomic mass is 10.1. The van der Waals surface area contributed by atoms with Gasteiger partial charge in [0.2, 0.25) is 0 Å². The van der Waals surface area contributed by atoms with E-state index in [-0.39, 0.29) is 0 Å². The quantitative estimate of drug-likeness (QED) is 0.621. The molecular formula is C22H21N5. The van der Waals surface area contributed by atoms with Gasteiger partial charge in [-0.25, -0.2) is 15.0 Å². The molecule has 3 rings (SSSR count). The van der Waals surface area contributed by atoms with Crippen LogP contribution in [-0.2, 0) is 0 Å². The number of hydrogen-bond acceptors (Lipinski definition) is 5. The minimum atomic E-state index is 0.464. The first-order chi connectivity index (χ1) is 13.1. The molecule has 3 aromatic rings. The van der Waals surface area contributed by atoms with Crippen LogP contribution in [0, 0.1) is 13.8 Å². The summed E-state index contributed by atoms with van der Waals surface area (Å²) in [6, 6.07) is 12.0. The lowest BCUT2D eigenvalue weighted by Crippen LogP contribution is -2.09. The van der Waals surface area contributed by atoms with E-state index in [1.165, 1.54) is 5.56 Å². The highest BCUT2D eigenvalue weighted by atomic mass is 15.1. The molecule has 0 aliphatic heterocycles. The van der Waals surface area contributed by atoms with Gasteiger partial charge in [-0.2, -0.15) is 0 Å². The van der Waals surface area contributed by atoms with Crippen molar-refractivity contribution in [2.45, 2.75) is 20.8 Å². The van der Waals surface area contributed by atoms with Crippen LogP contribution in [0.5, 0.6) is 0 Å². The second kappa shape index (κ2) is 8.27. The number of nitrogens with zero attached hydrogens (tertiary/aromatic N) is 5. The molecule has 134 valence electrons. The SMILES string of the molecule is C=C/C(=N\C=C\C)c1nc(-c2ccc(C)cc2)nc(-c2ccc(C)cn2)n1. The number of rotatable bonds is 5. The van der Waals surface area contributed by atoms with Crippen LogP contribution in [0.25, 0.3) is 22.9 Å². The maximum atomic E-state index is 4.64. The monoisotopic (exact) mass is 355 g/mol. The zero-order valence-electron chi connectivity index (χ0n) is 15.7. The average molecular weight is 355 g/mol. The maximum Gasteiger partial charge on any atom is 0.182 e. The fraction of sp³-hybridized carbons (Fsp3) is 0.136. The first-order valence-electron chi connectivity index (χ1n) is 8.68. The average Bonchev–Trinajstić information content (AvgIpc) is 2.69. The normalized spacial score (nSPS) is 11.7. The number of hydrogen-bond donors (Lipinski definition) is 0. The highest BCUT2D eigenvalue weighted by Crippen LogP contribution is 2.20.